The predicted molar refractivity (Wildman–Crippen MR) is 78.2 cm³/mol. The molecule has 1 aromatic rings. The van der Waals surface area contributed by atoms with Gasteiger partial charge in [0, 0.05) is 13.8 Å². The number of unbranched alkanes of at least 4 members (excludes halogenated alkanes) is 1. The Morgan fingerprint density at radius 1 is 1.35 bits per heavy atom. The summed E-state index contributed by atoms with van der Waals surface area (Å²) in [6.07, 6.45) is 4.15. The minimum atomic E-state index is -0.988. The normalized spacial score (nSPS) is 24.4. The van der Waals surface area contributed by atoms with Crippen LogP contribution < -0.4 is 0 Å². The summed E-state index contributed by atoms with van der Waals surface area (Å²) in [6.45, 7) is 9.28. The fraction of sp³-hybridized carbons (Fsp3) is 0.471. The number of benzene rings is 1. The fourth-order valence-corrected chi connectivity index (χ4v) is 2.65. The molecule has 0 spiro atoms. The van der Waals surface area contributed by atoms with Crippen LogP contribution in [-0.4, -0.2) is 11.8 Å². The lowest BCUT2D eigenvalue weighted by Crippen LogP contribution is -2.34. The molecule has 1 aliphatic heterocycles. The standard InChI is InChI=1S/C17H22O3/c1-5-6-7-11-17(14-10-8-9-13(2)12-14)15(18)19-16(3,4)20-17/h5,8-10,12H,1,6-7,11H2,2-4H3. The molecule has 2 rings (SSSR count). The maximum atomic E-state index is 12.4. The van der Waals surface area contributed by atoms with Crippen molar-refractivity contribution < 1.29 is 14.3 Å². The molecule has 0 aliphatic carbocycles. The average Bonchev–Trinajstić information content (AvgIpc) is 2.60. The number of esters is 1. The first kappa shape index (κ1) is 14.8. The minimum absolute atomic E-state index is 0.294. The maximum Gasteiger partial charge on any atom is 0.345 e. The molecule has 1 saturated heterocycles. The van der Waals surface area contributed by atoms with Crippen LogP contribution in [0.3, 0.4) is 0 Å². The van der Waals surface area contributed by atoms with Crippen LogP contribution in [0.25, 0.3) is 0 Å². The maximum absolute atomic E-state index is 12.4. The zero-order chi connectivity index (χ0) is 14.8. The highest BCUT2D eigenvalue weighted by atomic mass is 16.8. The van der Waals surface area contributed by atoms with Gasteiger partial charge in [-0.3, -0.25) is 0 Å². The van der Waals surface area contributed by atoms with Gasteiger partial charge in [0.25, 0.3) is 0 Å². The molecule has 0 amide bonds. The molecule has 1 aliphatic rings. The van der Waals surface area contributed by atoms with Crippen LogP contribution in [0.5, 0.6) is 0 Å². The Bertz CT molecular complexity index is 519. The summed E-state index contributed by atoms with van der Waals surface area (Å²) in [6, 6.07) is 7.88. The van der Waals surface area contributed by atoms with Crippen molar-refractivity contribution in [3.63, 3.8) is 0 Å². The second-order valence-corrected chi connectivity index (χ2v) is 5.77. The second-order valence-electron chi connectivity index (χ2n) is 5.77. The first-order valence-corrected chi connectivity index (χ1v) is 7.01. The number of allylic oxidation sites excluding steroid dienone is 1. The molecule has 1 fully saturated rings. The van der Waals surface area contributed by atoms with Gasteiger partial charge in [-0.15, -0.1) is 6.58 Å². The van der Waals surface area contributed by atoms with Gasteiger partial charge in [-0.2, -0.15) is 0 Å². The number of ether oxygens (including phenoxy) is 2. The van der Waals surface area contributed by atoms with Crippen LogP contribution in [-0.2, 0) is 19.9 Å². The van der Waals surface area contributed by atoms with Gasteiger partial charge in [0.2, 0.25) is 5.79 Å². The Kier molecular flexibility index (Phi) is 4.00. The van der Waals surface area contributed by atoms with Crippen molar-refractivity contribution >= 4 is 5.97 Å². The molecule has 3 nitrogen and oxygen atoms in total. The third kappa shape index (κ3) is 2.78. The largest absolute Gasteiger partial charge is 0.431 e. The van der Waals surface area contributed by atoms with Gasteiger partial charge in [-0.1, -0.05) is 35.9 Å². The van der Waals surface area contributed by atoms with Crippen molar-refractivity contribution in [1.29, 1.82) is 0 Å². The highest BCUT2D eigenvalue weighted by Crippen LogP contribution is 2.43. The molecule has 0 N–H and O–H groups in total. The third-order valence-electron chi connectivity index (χ3n) is 3.51. The quantitative estimate of drug-likeness (QED) is 0.464. The average molecular weight is 274 g/mol. The van der Waals surface area contributed by atoms with Gasteiger partial charge in [0.05, 0.1) is 0 Å². The van der Waals surface area contributed by atoms with E-state index in [0.717, 1.165) is 24.0 Å². The first-order chi connectivity index (χ1) is 9.39. The van der Waals surface area contributed by atoms with E-state index in [4.69, 9.17) is 9.47 Å². The van der Waals surface area contributed by atoms with Gasteiger partial charge >= 0.3 is 5.97 Å². The summed E-state index contributed by atoms with van der Waals surface area (Å²) in [7, 11) is 0. The van der Waals surface area contributed by atoms with Crippen LogP contribution in [0.4, 0.5) is 0 Å². The Balaban J connectivity index is 2.39. The molecule has 0 saturated carbocycles. The number of hydrogen-bond acceptors (Lipinski definition) is 3. The molecule has 108 valence electrons. The Labute approximate surface area is 120 Å². The number of hydrogen-bond donors (Lipinski definition) is 0. The number of rotatable bonds is 5. The summed E-state index contributed by atoms with van der Waals surface area (Å²) >= 11 is 0. The molecular weight excluding hydrogens is 252 g/mol. The van der Waals surface area contributed by atoms with Crippen LogP contribution in [0.15, 0.2) is 36.9 Å². The smallest absolute Gasteiger partial charge is 0.345 e. The van der Waals surface area contributed by atoms with E-state index in [0.29, 0.717) is 6.42 Å². The van der Waals surface area contributed by atoms with E-state index >= 15 is 0 Å². The van der Waals surface area contributed by atoms with Crippen LogP contribution in [0.1, 0.15) is 44.2 Å². The second kappa shape index (κ2) is 5.41. The minimum Gasteiger partial charge on any atom is -0.431 e. The molecule has 0 radical (unpaired) electrons. The van der Waals surface area contributed by atoms with Gasteiger partial charge in [0.15, 0.2) is 5.60 Å². The lowest BCUT2D eigenvalue weighted by Gasteiger charge is -2.27. The van der Waals surface area contributed by atoms with Gasteiger partial charge < -0.3 is 9.47 Å². The molecule has 1 atom stereocenters. The lowest BCUT2D eigenvalue weighted by atomic mass is 9.87. The van der Waals surface area contributed by atoms with Crippen LogP contribution >= 0.6 is 0 Å². The number of carbonyl (C=O) groups excluding carboxylic acids is 1. The van der Waals surface area contributed by atoms with E-state index in [2.05, 4.69) is 6.58 Å². The zero-order valence-corrected chi connectivity index (χ0v) is 12.4. The highest BCUT2D eigenvalue weighted by molar-refractivity contribution is 5.83. The molecule has 0 aromatic heterocycles. The monoisotopic (exact) mass is 274 g/mol. The van der Waals surface area contributed by atoms with Gasteiger partial charge in [0.1, 0.15) is 0 Å². The summed E-state index contributed by atoms with van der Waals surface area (Å²) in [5.74, 6) is -1.17. The van der Waals surface area contributed by atoms with E-state index in [-0.39, 0.29) is 5.97 Å². The summed E-state index contributed by atoms with van der Waals surface area (Å²) in [5, 5.41) is 0. The third-order valence-corrected chi connectivity index (χ3v) is 3.51. The fourth-order valence-electron chi connectivity index (χ4n) is 2.65. The van der Waals surface area contributed by atoms with E-state index in [1.54, 1.807) is 13.8 Å². The highest BCUT2D eigenvalue weighted by Gasteiger charge is 2.54. The predicted octanol–water partition coefficient (Wildman–Crippen LogP) is 3.86. The number of aryl methyl sites for hydroxylation is 1. The van der Waals surface area contributed by atoms with Crippen molar-refractivity contribution in [2.45, 2.75) is 51.4 Å². The molecule has 1 heterocycles. The first-order valence-electron chi connectivity index (χ1n) is 7.01. The SMILES string of the molecule is C=CCCCC1(c2cccc(C)c2)OC(C)(C)OC1=O. The summed E-state index contributed by atoms with van der Waals surface area (Å²) in [4.78, 5) is 12.4. The van der Waals surface area contributed by atoms with Crippen molar-refractivity contribution in [3.05, 3.63) is 48.0 Å². The van der Waals surface area contributed by atoms with E-state index in [1.807, 2.05) is 37.3 Å². The number of carbonyl (C=O) groups is 1. The molecule has 1 aromatic carbocycles. The van der Waals surface area contributed by atoms with Gasteiger partial charge in [-0.05, 0) is 31.7 Å². The Morgan fingerprint density at radius 2 is 2.10 bits per heavy atom. The Morgan fingerprint density at radius 3 is 2.65 bits per heavy atom. The zero-order valence-electron chi connectivity index (χ0n) is 12.4. The van der Waals surface area contributed by atoms with E-state index in [1.165, 1.54) is 0 Å². The van der Waals surface area contributed by atoms with Crippen molar-refractivity contribution in [3.8, 4) is 0 Å². The topological polar surface area (TPSA) is 35.5 Å². The summed E-state index contributed by atoms with van der Waals surface area (Å²) < 4.78 is 11.4. The molecule has 1 unspecified atom stereocenters. The van der Waals surface area contributed by atoms with E-state index in [9.17, 15) is 4.79 Å². The van der Waals surface area contributed by atoms with Crippen LogP contribution in [0.2, 0.25) is 0 Å². The van der Waals surface area contributed by atoms with Gasteiger partial charge in [-0.25, -0.2) is 4.79 Å². The van der Waals surface area contributed by atoms with Crippen molar-refractivity contribution in [1.82, 2.24) is 0 Å². The Hall–Kier alpha value is -1.61. The van der Waals surface area contributed by atoms with E-state index < -0.39 is 11.4 Å². The number of cyclic esters (lactones) is 1. The van der Waals surface area contributed by atoms with Crippen molar-refractivity contribution in [2.75, 3.05) is 0 Å². The molecule has 20 heavy (non-hydrogen) atoms. The molecule has 3 heteroatoms. The molecular formula is C17H22O3. The summed E-state index contributed by atoms with van der Waals surface area (Å²) in [5.41, 5.74) is 0.988. The lowest BCUT2D eigenvalue weighted by molar-refractivity contribution is -0.168. The van der Waals surface area contributed by atoms with Crippen LogP contribution in [0, 0.1) is 6.92 Å². The van der Waals surface area contributed by atoms with Crippen molar-refractivity contribution in [2.24, 2.45) is 0 Å². The molecule has 0 bridgehead atoms.